The Labute approximate surface area is 132 Å². The summed E-state index contributed by atoms with van der Waals surface area (Å²) in [4.78, 5) is 25.2. The maximum atomic E-state index is 11.8. The first-order valence-corrected chi connectivity index (χ1v) is 7.61. The zero-order valence-corrected chi connectivity index (χ0v) is 12.7. The lowest BCUT2D eigenvalue weighted by molar-refractivity contribution is 0.0398. The number of hydrogen-bond acceptors (Lipinski definition) is 6. The van der Waals surface area contributed by atoms with E-state index in [1.165, 1.54) is 6.20 Å². The number of amides is 1. The number of nitrogens with one attached hydrogen (secondary N) is 2. The van der Waals surface area contributed by atoms with Gasteiger partial charge in [-0.3, -0.25) is 4.79 Å². The summed E-state index contributed by atoms with van der Waals surface area (Å²) in [6, 6.07) is 0.0993. The van der Waals surface area contributed by atoms with Crippen LogP contribution in [0.3, 0.4) is 0 Å². The number of rotatable bonds is 3. The van der Waals surface area contributed by atoms with Crippen molar-refractivity contribution in [2.75, 3.05) is 18.0 Å². The molecule has 2 heterocycles. The first-order chi connectivity index (χ1) is 10.5. The fraction of sp³-hybridized carbons (Fsp3) is 0.615. The number of aromatic amines is 1. The highest BCUT2D eigenvalue weighted by Crippen LogP contribution is 2.25. The van der Waals surface area contributed by atoms with Crippen LogP contribution in [0.25, 0.3) is 0 Å². The molecule has 120 valence electrons. The van der Waals surface area contributed by atoms with Gasteiger partial charge in [-0.15, -0.1) is 0 Å². The Morgan fingerprint density at radius 3 is 3.05 bits per heavy atom. The highest BCUT2D eigenvalue weighted by Gasteiger charge is 2.31. The Morgan fingerprint density at radius 1 is 1.55 bits per heavy atom. The third-order valence-electron chi connectivity index (χ3n) is 4.03. The molecule has 2 fully saturated rings. The molecule has 1 aliphatic heterocycles. The highest BCUT2D eigenvalue weighted by atomic mass is 35.5. The van der Waals surface area contributed by atoms with E-state index in [1.807, 2.05) is 4.90 Å². The Hall–Kier alpha value is -1.80. The van der Waals surface area contributed by atoms with Crippen molar-refractivity contribution in [3.8, 4) is 0 Å². The summed E-state index contributed by atoms with van der Waals surface area (Å²) in [5.74, 6) is 0. The molecule has 1 aromatic rings. The van der Waals surface area contributed by atoms with Gasteiger partial charge in [-0.05, 0) is 19.3 Å². The van der Waals surface area contributed by atoms with Crippen molar-refractivity contribution in [3.05, 3.63) is 21.6 Å². The zero-order chi connectivity index (χ0) is 15.7. The molecule has 1 saturated carbocycles. The maximum Gasteiger partial charge on any atom is 0.407 e. The van der Waals surface area contributed by atoms with Gasteiger partial charge in [-0.25, -0.2) is 9.89 Å². The number of carbonyl (C=O) groups is 1. The highest BCUT2D eigenvalue weighted by molar-refractivity contribution is 6.33. The van der Waals surface area contributed by atoms with E-state index in [1.54, 1.807) is 0 Å². The van der Waals surface area contributed by atoms with Crippen LogP contribution in [0.15, 0.2) is 11.0 Å². The quantitative estimate of drug-likeness (QED) is 0.732. The lowest BCUT2D eigenvalue weighted by atomic mass is 9.90. The number of hydrogen-bond donors (Lipinski definition) is 3. The summed E-state index contributed by atoms with van der Waals surface area (Å²) >= 11 is 5.99. The van der Waals surface area contributed by atoms with E-state index in [0.29, 0.717) is 18.8 Å². The van der Waals surface area contributed by atoms with E-state index in [0.717, 1.165) is 19.3 Å². The minimum absolute atomic E-state index is 0.0448. The number of nitrogens with zero attached hydrogens (tertiary/aromatic N) is 2. The topological polar surface area (TPSA) is 113 Å². The molecule has 1 saturated heterocycles. The summed E-state index contributed by atoms with van der Waals surface area (Å²) in [5, 5.41) is 8.98. The number of ether oxygens (including phenoxy) is 1. The van der Waals surface area contributed by atoms with Crippen molar-refractivity contribution in [1.82, 2.24) is 15.5 Å². The Bertz CT molecular complexity index is 616. The molecule has 1 atom stereocenters. The largest absolute Gasteiger partial charge is 0.446 e. The second-order valence-electron chi connectivity index (χ2n) is 5.73. The first kappa shape index (κ1) is 15.1. The van der Waals surface area contributed by atoms with Crippen LogP contribution in [0.4, 0.5) is 10.5 Å². The van der Waals surface area contributed by atoms with Gasteiger partial charge in [0.1, 0.15) is 11.1 Å². The van der Waals surface area contributed by atoms with Gasteiger partial charge in [0.15, 0.2) is 0 Å². The molecule has 0 radical (unpaired) electrons. The van der Waals surface area contributed by atoms with Gasteiger partial charge in [0.25, 0.3) is 5.56 Å². The van der Waals surface area contributed by atoms with Crippen molar-refractivity contribution in [2.24, 2.45) is 5.73 Å². The third-order valence-corrected chi connectivity index (χ3v) is 4.40. The van der Waals surface area contributed by atoms with E-state index in [4.69, 9.17) is 22.1 Å². The monoisotopic (exact) mass is 327 g/mol. The summed E-state index contributed by atoms with van der Waals surface area (Å²) in [5.41, 5.74) is 5.81. The van der Waals surface area contributed by atoms with E-state index in [-0.39, 0.29) is 23.2 Å². The first-order valence-electron chi connectivity index (χ1n) is 7.24. The molecule has 1 aromatic heterocycles. The zero-order valence-electron chi connectivity index (χ0n) is 11.9. The van der Waals surface area contributed by atoms with Gasteiger partial charge >= 0.3 is 6.09 Å². The standard InChI is InChI=1S/C13H18ClN5O3/c14-11-10(5-16-18-12(11)20)19-2-1-8(6-19)17-13(21)22-9-3-7(15)4-9/h5,7-9H,1-4,6,15H2,(H,17,21)(H,18,20)/t7?,8-,9?/m1/s1. The molecule has 2 aliphatic rings. The number of halogens is 1. The van der Waals surface area contributed by atoms with Gasteiger partial charge in [0.05, 0.1) is 17.9 Å². The van der Waals surface area contributed by atoms with E-state index < -0.39 is 11.7 Å². The molecule has 1 amide bonds. The van der Waals surface area contributed by atoms with Gasteiger partial charge in [-0.1, -0.05) is 11.6 Å². The van der Waals surface area contributed by atoms with Crippen LogP contribution in [-0.4, -0.2) is 47.6 Å². The van der Waals surface area contributed by atoms with Gasteiger partial charge in [0.2, 0.25) is 0 Å². The number of aromatic nitrogens is 2. The fourth-order valence-corrected chi connectivity index (χ4v) is 2.96. The minimum atomic E-state index is -0.420. The van der Waals surface area contributed by atoms with Crippen molar-refractivity contribution in [1.29, 1.82) is 0 Å². The molecule has 4 N–H and O–H groups in total. The average Bonchev–Trinajstić information content (AvgIpc) is 2.88. The summed E-state index contributed by atoms with van der Waals surface area (Å²) in [7, 11) is 0. The van der Waals surface area contributed by atoms with Gasteiger partial charge < -0.3 is 20.7 Å². The normalized spacial score (nSPS) is 27.4. The smallest absolute Gasteiger partial charge is 0.407 e. The van der Waals surface area contributed by atoms with Crippen LogP contribution in [0, 0.1) is 0 Å². The maximum absolute atomic E-state index is 11.8. The summed E-state index contributed by atoms with van der Waals surface area (Å²) in [6.45, 7) is 1.24. The van der Waals surface area contributed by atoms with Crippen LogP contribution in [0.2, 0.25) is 5.02 Å². The van der Waals surface area contributed by atoms with Gasteiger partial charge in [-0.2, -0.15) is 5.10 Å². The Balaban J connectivity index is 1.53. The molecular formula is C13H18ClN5O3. The van der Waals surface area contributed by atoms with Crippen LogP contribution in [0.5, 0.6) is 0 Å². The molecule has 3 rings (SSSR count). The number of alkyl carbamates (subject to hydrolysis) is 1. The molecular weight excluding hydrogens is 310 g/mol. The molecule has 0 unspecified atom stereocenters. The third kappa shape index (κ3) is 3.17. The van der Waals surface area contributed by atoms with E-state index in [2.05, 4.69) is 15.5 Å². The number of H-pyrrole nitrogens is 1. The van der Waals surface area contributed by atoms with Crippen molar-refractivity contribution < 1.29 is 9.53 Å². The Morgan fingerprint density at radius 2 is 2.32 bits per heavy atom. The number of carbonyl (C=O) groups excluding carboxylic acids is 1. The Kier molecular flexibility index (Phi) is 4.21. The predicted octanol–water partition coefficient (Wildman–Crippen LogP) is 0.218. The second kappa shape index (κ2) is 6.13. The summed E-state index contributed by atoms with van der Waals surface area (Å²) in [6.07, 6.45) is 3.22. The molecule has 1 aliphatic carbocycles. The molecule has 9 heteroatoms. The molecule has 0 bridgehead atoms. The van der Waals surface area contributed by atoms with Crippen LogP contribution >= 0.6 is 11.6 Å². The van der Waals surface area contributed by atoms with Crippen molar-refractivity contribution in [2.45, 2.75) is 37.5 Å². The van der Waals surface area contributed by atoms with Crippen molar-refractivity contribution >= 4 is 23.4 Å². The predicted molar refractivity (Wildman–Crippen MR) is 81.1 cm³/mol. The van der Waals surface area contributed by atoms with E-state index >= 15 is 0 Å². The number of nitrogens with two attached hydrogens (primary N) is 1. The van der Waals surface area contributed by atoms with Crippen LogP contribution in [-0.2, 0) is 4.74 Å². The van der Waals surface area contributed by atoms with Crippen molar-refractivity contribution in [3.63, 3.8) is 0 Å². The molecule has 22 heavy (non-hydrogen) atoms. The summed E-state index contributed by atoms with van der Waals surface area (Å²) < 4.78 is 5.26. The average molecular weight is 328 g/mol. The number of anilines is 1. The molecule has 8 nitrogen and oxygen atoms in total. The SMILES string of the molecule is NC1CC(OC(=O)N[C@@H]2CCN(c3cn[nH]c(=O)c3Cl)C2)C1. The molecule has 0 spiro atoms. The fourth-order valence-electron chi connectivity index (χ4n) is 2.75. The second-order valence-corrected chi connectivity index (χ2v) is 6.11. The van der Waals surface area contributed by atoms with Crippen LogP contribution < -0.4 is 21.5 Å². The van der Waals surface area contributed by atoms with Crippen LogP contribution in [0.1, 0.15) is 19.3 Å². The van der Waals surface area contributed by atoms with E-state index in [9.17, 15) is 9.59 Å². The lowest BCUT2D eigenvalue weighted by Crippen LogP contribution is -2.46. The lowest BCUT2D eigenvalue weighted by Gasteiger charge is -2.32. The van der Waals surface area contributed by atoms with Gasteiger partial charge in [0, 0.05) is 19.1 Å². The minimum Gasteiger partial charge on any atom is -0.446 e. The molecule has 0 aromatic carbocycles.